The molecule has 1 fully saturated rings. The van der Waals surface area contributed by atoms with Gasteiger partial charge in [0.2, 0.25) is 0 Å². The number of rotatable bonds is 4. The SMILES string of the molecule is Nc1cccnc1C(=O)Cc1ccncc1N1CCCC(N)C1. The highest BCUT2D eigenvalue weighted by Crippen LogP contribution is 2.24. The van der Waals surface area contributed by atoms with E-state index in [2.05, 4.69) is 14.9 Å². The zero-order valence-corrected chi connectivity index (χ0v) is 13.0. The van der Waals surface area contributed by atoms with Gasteiger partial charge in [0.25, 0.3) is 0 Å². The summed E-state index contributed by atoms with van der Waals surface area (Å²) in [6.07, 6.45) is 7.44. The van der Waals surface area contributed by atoms with E-state index < -0.39 is 0 Å². The van der Waals surface area contributed by atoms with E-state index in [9.17, 15) is 4.79 Å². The van der Waals surface area contributed by atoms with Gasteiger partial charge in [0, 0.05) is 37.9 Å². The maximum Gasteiger partial charge on any atom is 0.187 e. The van der Waals surface area contributed by atoms with Crippen molar-refractivity contribution in [3.8, 4) is 0 Å². The van der Waals surface area contributed by atoms with Crippen molar-refractivity contribution in [1.29, 1.82) is 0 Å². The molecule has 0 amide bonds. The lowest BCUT2D eigenvalue weighted by Crippen LogP contribution is -2.43. The molecule has 0 saturated carbocycles. The third kappa shape index (κ3) is 3.48. The van der Waals surface area contributed by atoms with Crippen molar-refractivity contribution in [3.63, 3.8) is 0 Å². The molecular weight excluding hydrogens is 290 g/mol. The fourth-order valence-electron chi connectivity index (χ4n) is 2.99. The molecule has 3 heterocycles. The van der Waals surface area contributed by atoms with Gasteiger partial charge in [0.15, 0.2) is 5.78 Å². The fraction of sp³-hybridized carbons (Fsp3) is 0.353. The van der Waals surface area contributed by atoms with Crippen molar-refractivity contribution in [1.82, 2.24) is 9.97 Å². The number of ketones is 1. The Balaban J connectivity index is 1.83. The number of aromatic nitrogens is 2. The standard InChI is InChI=1S/C17H21N5O/c18-13-3-2-8-22(11-13)15-10-20-7-5-12(15)9-16(23)17-14(19)4-1-6-21-17/h1,4-7,10,13H,2-3,8-9,11,18-19H2. The monoisotopic (exact) mass is 311 g/mol. The van der Waals surface area contributed by atoms with E-state index in [-0.39, 0.29) is 18.2 Å². The summed E-state index contributed by atoms with van der Waals surface area (Å²) in [5.41, 5.74) is 14.6. The number of piperidine rings is 1. The lowest BCUT2D eigenvalue weighted by molar-refractivity contribution is 0.0989. The molecule has 1 aliphatic rings. The Bertz CT molecular complexity index is 703. The average molecular weight is 311 g/mol. The number of nitrogen functional groups attached to an aromatic ring is 1. The topological polar surface area (TPSA) is 98.1 Å². The van der Waals surface area contributed by atoms with Gasteiger partial charge < -0.3 is 16.4 Å². The molecule has 1 aliphatic heterocycles. The molecule has 0 spiro atoms. The van der Waals surface area contributed by atoms with Crippen molar-refractivity contribution in [3.05, 3.63) is 48.0 Å². The number of nitrogens with zero attached hydrogens (tertiary/aromatic N) is 3. The van der Waals surface area contributed by atoms with Gasteiger partial charge in [-0.1, -0.05) is 0 Å². The quantitative estimate of drug-likeness (QED) is 0.829. The van der Waals surface area contributed by atoms with Gasteiger partial charge in [0.1, 0.15) is 5.69 Å². The van der Waals surface area contributed by atoms with Gasteiger partial charge in [-0.15, -0.1) is 0 Å². The number of pyridine rings is 2. The second kappa shape index (κ2) is 6.75. The average Bonchev–Trinajstić information content (AvgIpc) is 2.55. The Kier molecular flexibility index (Phi) is 4.52. The van der Waals surface area contributed by atoms with E-state index in [0.29, 0.717) is 11.4 Å². The van der Waals surface area contributed by atoms with Crippen LogP contribution >= 0.6 is 0 Å². The van der Waals surface area contributed by atoms with Crippen molar-refractivity contribution in [2.24, 2.45) is 5.73 Å². The maximum atomic E-state index is 12.5. The van der Waals surface area contributed by atoms with Gasteiger partial charge in [0.05, 0.1) is 17.6 Å². The highest BCUT2D eigenvalue weighted by molar-refractivity contribution is 6.00. The number of hydrogen-bond acceptors (Lipinski definition) is 6. The molecule has 3 rings (SSSR count). The number of hydrogen-bond donors (Lipinski definition) is 2. The largest absolute Gasteiger partial charge is 0.397 e. The molecule has 0 bridgehead atoms. The molecule has 120 valence electrons. The third-order valence-electron chi connectivity index (χ3n) is 4.14. The second-order valence-corrected chi connectivity index (χ2v) is 5.89. The number of carbonyl (C=O) groups is 1. The predicted molar refractivity (Wildman–Crippen MR) is 90.3 cm³/mol. The number of Topliss-reactive ketones (excluding diaryl/α,β-unsaturated/α-hetero) is 1. The molecule has 1 unspecified atom stereocenters. The zero-order chi connectivity index (χ0) is 16.2. The molecule has 4 N–H and O–H groups in total. The van der Waals surface area contributed by atoms with E-state index in [4.69, 9.17) is 11.5 Å². The Labute approximate surface area is 135 Å². The molecule has 6 nitrogen and oxygen atoms in total. The normalized spacial score (nSPS) is 18.0. The maximum absolute atomic E-state index is 12.5. The van der Waals surface area contributed by atoms with Gasteiger partial charge in [-0.05, 0) is 36.6 Å². The van der Waals surface area contributed by atoms with Crippen LogP contribution in [0, 0.1) is 0 Å². The van der Waals surface area contributed by atoms with Crippen LogP contribution < -0.4 is 16.4 Å². The highest BCUT2D eigenvalue weighted by atomic mass is 16.1. The molecule has 0 aromatic carbocycles. The third-order valence-corrected chi connectivity index (χ3v) is 4.14. The van der Waals surface area contributed by atoms with Crippen LogP contribution in [0.3, 0.4) is 0 Å². The Morgan fingerprint density at radius 3 is 3.00 bits per heavy atom. The predicted octanol–water partition coefficient (Wildman–Crippen LogP) is 1.41. The molecular formula is C17H21N5O. The van der Waals surface area contributed by atoms with E-state index in [1.54, 1.807) is 24.5 Å². The van der Waals surface area contributed by atoms with Crippen LogP contribution in [-0.4, -0.2) is 34.9 Å². The molecule has 1 saturated heterocycles. The van der Waals surface area contributed by atoms with Crippen LogP contribution in [0.5, 0.6) is 0 Å². The van der Waals surface area contributed by atoms with Gasteiger partial charge in [-0.3, -0.25) is 14.8 Å². The Morgan fingerprint density at radius 1 is 1.35 bits per heavy atom. The Morgan fingerprint density at radius 2 is 2.22 bits per heavy atom. The lowest BCUT2D eigenvalue weighted by atomic mass is 10.0. The van der Waals surface area contributed by atoms with Crippen molar-refractivity contribution in [2.75, 3.05) is 23.7 Å². The van der Waals surface area contributed by atoms with Gasteiger partial charge in [-0.2, -0.15) is 0 Å². The number of anilines is 2. The van der Waals surface area contributed by atoms with Crippen LogP contribution in [0.25, 0.3) is 0 Å². The van der Waals surface area contributed by atoms with Gasteiger partial charge >= 0.3 is 0 Å². The molecule has 1 atom stereocenters. The van der Waals surface area contributed by atoms with Crippen molar-refractivity contribution < 1.29 is 4.79 Å². The van der Waals surface area contributed by atoms with Crippen LogP contribution in [0.2, 0.25) is 0 Å². The summed E-state index contributed by atoms with van der Waals surface area (Å²) in [4.78, 5) is 23.1. The molecule has 2 aromatic heterocycles. The zero-order valence-electron chi connectivity index (χ0n) is 13.0. The molecule has 6 heteroatoms. The first-order chi connectivity index (χ1) is 11.1. The molecule has 2 aromatic rings. The first-order valence-corrected chi connectivity index (χ1v) is 7.82. The summed E-state index contributed by atoms with van der Waals surface area (Å²) >= 11 is 0. The molecule has 0 aliphatic carbocycles. The number of nitrogens with two attached hydrogens (primary N) is 2. The summed E-state index contributed by atoms with van der Waals surface area (Å²) in [6.45, 7) is 1.73. The lowest BCUT2D eigenvalue weighted by Gasteiger charge is -2.33. The van der Waals surface area contributed by atoms with E-state index in [1.807, 2.05) is 12.3 Å². The van der Waals surface area contributed by atoms with Crippen LogP contribution in [0.1, 0.15) is 28.9 Å². The van der Waals surface area contributed by atoms with Gasteiger partial charge in [-0.25, -0.2) is 0 Å². The summed E-state index contributed by atoms with van der Waals surface area (Å²) in [5.74, 6) is -0.0862. The minimum atomic E-state index is -0.0862. The van der Waals surface area contributed by atoms with Crippen molar-refractivity contribution >= 4 is 17.2 Å². The fourth-order valence-corrected chi connectivity index (χ4v) is 2.99. The number of carbonyl (C=O) groups excluding carboxylic acids is 1. The second-order valence-electron chi connectivity index (χ2n) is 5.89. The van der Waals surface area contributed by atoms with Crippen LogP contribution in [-0.2, 0) is 6.42 Å². The Hall–Kier alpha value is -2.47. The van der Waals surface area contributed by atoms with E-state index >= 15 is 0 Å². The van der Waals surface area contributed by atoms with Crippen molar-refractivity contribution in [2.45, 2.75) is 25.3 Å². The smallest absolute Gasteiger partial charge is 0.187 e. The first-order valence-electron chi connectivity index (χ1n) is 7.82. The van der Waals surface area contributed by atoms with E-state index in [1.165, 1.54) is 0 Å². The summed E-state index contributed by atoms with van der Waals surface area (Å²) in [5, 5.41) is 0. The summed E-state index contributed by atoms with van der Waals surface area (Å²) in [6, 6.07) is 5.46. The summed E-state index contributed by atoms with van der Waals surface area (Å²) in [7, 11) is 0. The molecule has 0 radical (unpaired) electrons. The minimum absolute atomic E-state index is 0.0862. The molecule has 23 heavy (non-hydrogen) atoms. The first kappa shape index (κ1) is 15.4. The highest BCUT2D eigenvalue weighted by Gasteiger charge is 2.21. The summed E-state index contributed by atoms with van der Waals surface area (Å²) < 4.78 is 0. The van der Waals surface area contributed by atoms with Crippen LogP contribution in [0.4, 0.5) is 11.4 Å². The minimum Gasteiger partial charge on any atom is -0.397 e. The van der Waals surface area contributed by atoms with E-state index in [0.717, 1.165) is 37.2 Å². The van der Waals surface area contributed by atoms with Crippen LogP contribution in [0.15, 0.2) is 36.8 Å².